The van der Waals surface area contributed by atoms with Gasteiger partial charge in [0.25, 0.3) is 11.4 Å². The Labute approximate surface area is 119 Å². The van der Waals surface area contributed by atoms with Crippen LogP contribution in [0.2, 0.25) is 0 Å². The average molecular weight is 290 g/mol. The Bertz CT molecular complexity index is 731. The third-order valence-corrected chi connectivity index (χ3v) is 3.09. The third kappa shape index (κ3) is 3.19. The van der Waals surface area contributed by atoms with Gasteiger partial charge in [0, 0.05) is 29.7 Å². The van der Waals surface area contributed by atoms with Crippen molar-refractivity contribution in [3.63, 3.8) is 0 Å². The van der Waals surface area contributed by atoms with Crippen LogP contribution in [0.15, 0.2) is 36.4 Å². The summed E-state index contributed by atoms with van der Waals surface area (Å²) in [5, 5.41) is 21.7. The Morgan fingerprint density at radius 1 is 1.00 bits per heavy atom. The molecule has 0 spiro atoms. The van der Waals surface area contributed by atoms with Crippen LogP contribution in [0.5, 0.6) is 0 Å². The molecule has 0 unspecified atom stereocenters. The highest BCUT2D eigenvalue weighted by atomic mass is 19.1. The Morgan fingerprint density at radius 2 is 1.62 bits per heavy atom. The van der Waals surface area contributed by atoms with E-state index in [1.807, 2.05) is 0 Å². The van der Waals surface area contributed by atoms with Crippen molar-refractivity contribution in [2.24, 2.45) is 0 Å². The lowest BCUT2D eigenvalue weighted by molar-refractivity contribution is -0.385. The molecule has 0 saturated carbocycles. The Morgan fingerprint density at radius 3 is 2.19 bits per heavy atom. The summed E-state index contributed by atoms with van der Waals surface area (Å²) >= 11 is 0. The second-order valence-electron chi connectivity index (χ2n) is 4.58. The summed E-state index contributed by atoms with van der Waals surface area (Å²) in [7, 11) is 0. The number of hydrogen-bond donors (Lipinski definition) is 0. The van der Waals surface area contributed by atoms with Crippen LogP contribution in [-0.2, 0) is 6.42 Å². The molecule has 0 bridgehead atoms. The highest BCUT2D eigenvalue weighted by molar-refractivity contribution is 5.47. The van der Waals surface area contributed by atoms with Crippen LogP contribution < -0.4 is 0 Å². The molecule has 0 heterocycles. The lowest BCUT2D eigenvalue weighted by atomic mass is 10.0. The van der Waals surface area contributed by atoms with E-state index >= 15 is 0 Å². The molecule has 0 aromatic heterocycles. The maximum atomic E-state index is 13.3. The van der Waals surface area contributed by atoms with Gasteiger partial charge in [0.15, 0.2) is 0 Å². The second-order valence-corrected chi connectivity index (χ2v) is 4.58. The number of hydrogen-bond acceptors (Lipinski definition) is 4. The lowest BCUT2D eigenvalue weighted by Crippen LogP contribution is -1.99. The first kappa shape index (κ1) is 14.6. The quantitative estimate of drug-likeness (QED) is 0.636. The minimum Gasteiger partial charge on any atom is -0.258 e. The first-order chi connectivity index (χ1) is 9.88. The normalized spacial score (nSPS) is 10.4. The molecule has 108 valence electrons. The van der Waals surface area contributed by atoms with Crippen molar-refractivity contribution in [3.8, 4) is 0 Å². The largest absolute Gasteiger partial charge is 0.273 e. The molecule has 0 radical (unpaired) electrons. The van der Waals surface area contributed by atoms with Crippen LogP contribution in [0, 0.1) is 33.0 Å². The molecule has 0 aliphatic heterocycles. The van der Waals surface area contributed by atoms with E-state index in [0.29, 0.717) is 11.1 Å². The highest BCUT2D eigenvalue weighted by Crippen LogP contribution is 2.25. The SMILES string of the molecule is Cc1cc(Cc2cc(F)ccc2[N+](=O)[O-])ccc1[N+](=O)[O-]. The molecule has 0 amide bonds. The molecular formula is C14H11FN2O4. The summed E-state index contributed by atoms with van der Waals surface area (Å²) in [6.45, 7) is 1.58. The molecule has 6 nitrogen and oxygen atoms in total. The molecule has 2 aromatic rings. The summed E-state index contributed by atoms with van der Waals surface area (Å²) in [5.74, 6) is -0.561. The minimum absolute atomic E-state index is 0.0208. The maximum Gasteiger partial charge on any atom is 0.273 e. The van der Waals surface area contributed by atoms with Gasteiger partial charge in [0.1, 0.15) is 5.82 Å². The fraction of sp³-hybridized carbons (Fsp3) is 0.143. The van der Waals surface area contributed by atoms with Gasteiger partial charge >= 0.3 is 0 Å². The molecule has 2 rings (SSSR count). The van der Waals surface area contributed by atoms with Crippen LogP contribution >= 0.6 is 0 Å². The third-order valence-electron chi connectivity index (χ3n) is 3.09. The molecule has 0 aliphatic carbocycles. The van der Waals surface area contributed by atoms with Crippen molar-refractivity contribution in [2.45, 2.75) is 13.3 Å². The second kappa shape index (κ2) is 5.66. The number of aryl methyl sites for hydroxylation is 1. The Balaban J connectivity index is 2.38. The van der Waals surface area contributed by atoms with Crippen LogP contribution in [-0.4, -0.2) is 9.85 Å². The van der Waals surface area contributed by atoms with Crippen molar-refractivity contribution in [1.29, 1.82) is 0 Å². The molecular weight excluding hydrogens is 279 g/mol. The molecule has 0 atom stereocenters. The van der Waals surface area contributed by atoms with Crippen molar-refractivity contribution in [2.75, 3.05) is 0 Å². The van der Waals surface area contributed by atoms with Gasteiger partial charge in [-0.25, -0.2) is 4.39 Å². The molecule has 2 aromatic carbocycles. The average Bonchev–Trinajstić information content (AvgIpc) is 2.37. The van der Waals surface area contributed by atoms with E-state index in [2.05, 4.69) is 0 Å². The van der Waals surface area contributed by atoms with Crippen molar-refractivity contribution >= 4 is 11.4 Å². The summed E-state index contributed by atoms with van der Waals surface area (Å²) in [6, 6.07) is 7.68. The first-order valence-corrected chi connectivity index (χ1v) is 6.05. The van der Waals surface area contributed by atoms with Gasteiger partial charge < -0.3 is 0 Å². The van der Waals surface area contributed by atoms with E-state index in [-0.39, 0.29) is 23.4 Å². The van der Waals surface area contributed by atoms with Gasteiger partial charge in [-0.3, -0.25) is 20.2 Å². The number of nitro benzene ring substituents is 2. The summed E-state index contributed by atoms with van der Waals surface area (Å²) in [4.78, 5) is 20.6. The van der Waals surface area contributed by atoms with E-state index in [9.17, 15) is 24.6 Å². The Hall–Kier alpha value is -2.83. The summed E-state index contributed by atoms with van der Waals surface area (Å²) in [6.07, 6.45) is 0.132. The molecule has 0 fully saturated rings. The van der Waals surface area contributed by atoms with Crippen LogP contribution in [0.25, 0.3) is 0 Å². The van der Waals surface area contributed by atoms with Crippen molar-refractivity contribution < 1.29 is 14.2 Å². The molecule has 0 N–H and O–H groups in total. The zero-order valence-corrected chi connectivity index (χ0v) is 11.1. The van der Waals surface area contributed by atoms with Gasteiger partial charge in [-0.2, -0.15) is 0 Å². The molecule has 0 saturated heterocycles. The van der Waals surface area contributed by atoms with Gasteiger partial charge in [-0.1, -0.05) is 6.07 Å². The fourth-order valence-electron chi connectivity index (χ4n) is 2.13. The number of benzene rings is 2. The van der Waals surface area contributed by atoms with E-state index in [0.717, 1.165) is 18.2 Å². The Kier molecular flexibility index (Phi) is 3.93. The summed E-state index contributed by atoms with van der Waals surface area (Å²) in [5.41, 5.74) is 1.14. The summed E-state index contributed by atoms with van der Waals surface area (Å²) < 4.78 is 13.3. The van der Waals surface area contributed by atoms with E-state index in [1.54, 1.807) is 13.0 Å². The lowest BCUT2D eigenvalue weighted by Gasteiger charge is -2.05. The van der Waals surface area contributed by atoms with Gasteiger partial charge in [0.05, 0.1) is 9.85 Å². The number of halogens is 1. The molecule has 0 aliphatic rings. The van der Waals surface area contributed by atoms with Crippen molar-refractivity contribution in [1.82, 2.24) is 0 Å². The van der Waals surface area contributed by atoms with Gasteiger partial charge in [0.2, 0.25) is 0 Å². The zero-order chi connectivity index (χ0) is 15.6. The van der Waals surface area contributed by atoms with Crippen LogP contribution in [0.1, 0.15) is 16.7 Å². The minimum atomic E-state index is -0.576. The van der Waals surface area contributed by atoms with Crippen LogP contribution in [0.4, 0.5) is 15.8 Å². The monoisotopic (exact) mass is 290 g/mol. The van der Waals surface area contributed by atoms with Gasteiger partial charge in [-0.15, -0.1) is 0 Å². The fourth-order valence-corrected chi connectivity index (χ4v) is 2.13. The van der Waals surface area contributed by atoms with Crippen LogP contribution in [0.3, 0.4) is 0 Å². The first-order valence-electron chi connectivity index (χ1n) is 6.05. The van der Waals surface area contributed by atoms with Gasteiger partial charge in [-0.05, 0) is 30.7 Å². The predicted octanol–water partition coefficient (Wildman–Crippen LogP) is 3.54. The number of rotatable bonds is 4. The predicted molar refractivity (Wildman–Crippen MR) is 73.7 cm³/mol. The molecule has 7 heteroatoms. The maximum absolute atomic E-state index is 13.3. The van der Waals surface area contributed by atoms with E-state index < -0.39 is 15.7 Å². The van der Waals surface area contributed by atoms with E-state index in [4.69, 9.17) is 0 Å². The number of nitro groups is 2. The van der Waals surface area contributed by atoms with E-state index in [1.165, 1.54) is 12.1 Å². The highest BCUT2D eigenvalue weighted by Gasteiger charge is 2.16. The standard InChI is InChI=1S/C14H11FN2O4/c1-9-6-10(2-4-13(9)16(18)19)7-11-8-12(15)3-5-14(11)17(20)21/h2-6,8H,7H2,1H3. The molecule has 21 heavy (non-hydrogen) atoms. The smallest absolute Gasteiger partial charge is 0.258 e. The number of nitrogens with zero attached hydrogens (tertiary/aromatic N) is 2. The topological polar surface area (TPSA) is 86.3 Å². The van der Waals surface area contributed by atoms with Crippen molar-refractivity contribution in [3.05, 3.63) is 79.1 Å². The zero-order valence-electron chi connectivity index (χ0n) is 11.1.